The Bertz CT molecular complexity index is 858. The Morgan fingerprint density at radius 2 is 1.96 bits per heavy atom. The third kappa shape index (κ3) is 6.31. The molecule has 2 aromatic rings. The van der Waals surface area contributed by atoms with Gasteiger partial charge in [0.25, 0.3) is 0 Å². The molecule has 1 amide bonds. The lowest BCUT2D eigenvalue weighted by molar-refractivity contribution is -0.111. The van der Waals surface area contributed by atoms with Gasteiger partial charge in [0.15, 0.2) is 5.82 Å². The predicted molar refractivity (Wildman–Crippen MR) is 111 cm³/mol. The molecule has 1 aromatic heterocycles. The normalized spacial score (nSPS) is 11.5. The third-order valence-corrected chi connectivity index (χ3v) is 3.56. The molecule has 0 aliphatic heterocycles. The Hall–Kier alpha value is -3.06. The number of hydrogen-bond acceptors (Lipinski definition) is 6. The zero-order chi connectivity index (χ0) is 19.8. The Labute approximate surface area is 160 Å². The van der Waals surface area contributed by atoms with Crippen LogP contribution in [0.25, 0.3) is 0 Å². The first-order valence-electron chi connectivity index (χ1n) is 8.72. The first-order chi connectivity index (χ1) is 12.9. The van der Waals surface area contributed by atoms with E-state index in [0.29, 0.717) is 29.6 Å². The van der Waals surface area contributed by atoms with Gasteiger partial charge in [-0.1, -0.05) is 12.1 Å². The number of aliphatic imine (C=N–C) groups is 1. The number of nitrogens with zero attached hydrogens (tertiary/aromatic N) is 4. The number of hydrogen-bond donors (Lipinski definition) is 2. The number of aromatic nitrogens is 2. The van der Waals surface area contributed by atoms with Crippen molar-refractivity contribution >= 4 is 35.0 Å². The highest BCUT2D eigenvalue weighted by Gasteiger charge is 2.10. The van der Waals surface area contributed by atoms with Crippen molar-refractivity contribution in [1.29, 1.82) is 0 Å². The fraction of sp³-hybridized carbons (Fsp3) is 0.300. The van der Waals surface area contributed by atoms with Crippen LogP contribution in [-0.4, -0.2) is 47.6 Å². The maximum atomic E-state index is 12.0. The van der Waals surface area contributed by atoms with Crippen molar-refractivity contribution in [2.45, 2.75) is 20.8 Å². The van der Waals surface area contributed by atoms with Crippen LogP contribution < -0.4 is 10.6 Å². The highest BCUT2D eigenvalue weighted by molar-refractivity contribution is 5.99. The van der Waals surface area contributed by atoms with Crippen LogP contribution >= 0.6 is 0 Å². The molecule has 2 N–H and O–H groups in total. The number of nitrogens with one attached hydrogen (secondary N) is 2. The molecule has 1 heterocycles. The van der Waals surface area contributed by atoms with Crippen LogP contribution in [0.3, 0.4) is 0 Å². The van der Waals surface area contributed by atoms with Crippen molar-refractivity contribution in [3.8, 4) is 0 Å². The quantitative estimate of drug-likeness (QED) is 0.578. The monoisotopic (exact) mass is 366 g/mol. The van der Waals surface area contributed by atoms with E-state index in [1.807, 2.05) is 70.1 Å². The van der Waals surface area contributed by atoms with Gasteiger partial charge in [-0.15, -0.1) is 0 Å². The molecule has 7 heteroatoms. The summed E-state index contributed by atoms with van der Waals surface area (Å²) in [5.41, 5.74) is 3.00. The summed E-state index contributed by atoms with van der Waals surface area (Å²) in [5.74, 6) is 1.13. The lowest BCUT2D eigenvalue weighted by atomic mass is 10.2. The van der Waals surface area contributed by atoms with E-state index in [9.17, 15) is 4.79 Å². The van der Waals surface area contributed by atoms with Gasteiger partial charge < -0.3 is 15.5 Å². The van der Waals surface area contributed by atoms with E-state index in [0.717, 1.165) is 11.4 Å². The van der Waals surface area contributed by atoms with Gasteiger partial charge in [-0.05, 0) is 53.1 Å². The van der Waals surface area contributed by atoms with Crippen molar-refractivity contribution < 1.29 is 4.79 Å². The van der Waals surface area contributed by atoms with Crippen LogP contribution in [0.1, 0.15) is 18.4 Å². The minimum atomic E-state index is -0.168. The highest BCUT2D eigenvalue weighted by Crippen LogP contribution is 2.29. The van der Waals surface area contributed by atoms with Crippen LogP contribution in [0.4, 0.5) is 22.9 Å². The molecule has 7 nitrogen and oxygen atoms in total. The maximum Gasteiger partial charge on any atom is 0.248 e. The molecule has 1 aromatic carbocycles. The Balaban J connectivity index is 2.17. The maximum absolute atomic E-state index is 12.0. The number of carbonyl (C=O) groups excluding carboxylic acids is 1. The van der Waals surface area contributed by atoms with E-state index in [4.69, 9.17) is 0 Å². The van der Waals surface area contributed by atoms with Gasteiger partial charge in [0, 0.05) is 30.2 Å². The minimum Gasteiger partial charge on any atom is -0.338 e. The number of benzene rings is 1. The SMILES string of the molecule is C/C=N\c1c(C)nc(C)nc1Nc1cccc(NC(=O)/C=C/CN(C)C)c1. The van der Waals surface area contributed by atoms with E-state index >= 15 is 0 Å². The molecule has 0 fully saturated rings. The number of aryl methyl sites for hydroxylation is 2. The first kappa shape index (κ1) is 20.3. The molecule has 0 radical (unpaired) electrons. The Morgan fingerprint density at radius 1 is 1.22 bits per heavy atom. The summed E-state index contributed by atoms with van der Waals surface area (Å²) in [6, 6.07) is 7.46. The van der Waals surface area contributed by atoms with Crippen molar-refractivity contribution in [3.63, 3.8) is 0 Å². The van der Waals surface area contributed by atoms with Gasteiger partial charge >= 0.3 is 0 Å². The van der Waals surface area contributed by atoms with Crippen molar-refractivity contribution in [2.75, 3.05) is 31.3 Å². The number of amides is 1. The van der Waals surface area contributed by atoms with Crippen molar-refractivity contribution in [1.82, 2.24) is 14.9 Å². The molecule has 0 spiro atoms. The fourth-order valence-corrected chi connectivity index (χ4v) is 2.44. The van der Waals surface area contributed by atoms with Crippen LogP contribution in [0.2, 0.25) is 0 Å². The molecule has 0 saturated carbocycles. The lowest BCUT2D eigenvalue weighted by Gasteiger charge is -2.12. The van der Waals surface area contributed by atoms with E-state index in [1.54, 1.807) is 6.21 Å². The molecule has 0 unspecified atom stereocenters. The molecule has 2 rings (SSSR count). The van der Waals surface area contributed by atoms with Crippen LogP contribution in [-0.2, 0) is 4.79 Å². The highest BCUT2D eigenvalue weighted by atomic mass is 16.1. The van der Waals surface area contributed by atoms with Crippen LogP contribution in [0, 0.1) is 13.8 Å². The predicted octanol–water partition coefficient (Wildman–Crippen LogP) is 3.62. The smallest absolute Gasteiger partial charge is 0.248 e. The standard InChI is InChI=1S/C20H26N6O/c1-6-21-19-14(2)22-15(3)23-20(19)25-17-10-7-9-16(13-17)24-18(27)11-8-12-26(4)5/h6-11,13H,12H2,1-5H3,(H,24,27)(H,22,23,25)/b11-8+,21-6-. The average molecular weight is 366 g/mol. The number of carbonyl (C=O) groups is 1. The summed E-state index contributed by atoms with van der Waals surface area (Å²) in [5, 5.41) is 6.13. The van der Waals surface area contributed by atoms with Crippen LogP contribution in [0.15, 0.2) is 41.4 Å². The lowest BCUT2D eigenvalue weighted by Crippen LogP contribution is -2.13. The Kier molecular flexibility index (Phi) is 7.19. The Morgan fingerprint density at radius 3 is 2.67 bits per heavy atom. The zero-order valence-corrected chi connectivity index (χ0v) is 16.4. The average Bonchev–Trinajstić information content (AvgIpc) is 2.58. The van der Waals surface area contributed by atoms with Gasteiger partial charge in [0.05, 0.1) is 5.69 Å². The minimum absolute atomic E-state index is 0.168. The number of likely N-dealkylation sites (N-methyl/N-ethyl adjacent to an activating group) is 1. The van der Waals surface area contributed by atoms with Gasteiger partial charge in [-0.3, -0.25) is 9.79 Å². The molecule has 142 valence electrons. The number of rotatable bonds is 7. The summed E-state index contributed by atoms with van der Waals surface area (Å²) >= 11 is 0. The van der Waals surface area contributed by atoms with E-state index in [-0.39, 0.29) is 5.91 Å². The molecule has 0 saturated heterocycles. The summed E-state index contributed by atoms with van der Waals surface area (Å²) in [6.45, 7) is 6.30. The molecule has 0 bridgehead atoms. The van der Waals surface area contributed by atoms with Gasteiger partial charge in [-0.25, -0.2) is 9.97 Å². The molecular formula is C20H26N6O. The van der Waals surface area contributed by atoms with E-state index in [1.165, 1.54) is 6.08 Å². The zero-order valence-electron chi connectivity index (χ0n) is 16.4. The molecule has 27 heavy (non-hydrogen) atoms. The third-order valence-electron chi connectivity index (χ3n) is 3.56. The summed E-state index contributed by atoms with van der Waals surface area (Å²) in [7, 11) is 3.90. The second-order valence-corrected chi connectivity index (χ2v) is 6.30. The summed E-state index contributed by atoms with van der Waals surface area (Å²) < 4.78 is 0. The molecular weight excluding hydrogens is 340 g/mol. The largest absolute Gasteiger partial charge is 0.338 e. The second kappa shape index (κ2) is 9.59. The number of anilines is 3. The molecule has 0 aliphatic rings. The van der Waals surface area contributed by atoms with E-state index < -0.39 is 0 Å². The summed E-state index contributed by atoms with van der Waals surface area (Å²) in [4.78, 5) is 27.2. The van der Waals surface area contributed by atoms with E-state index in [2.05, 4.69) is 25.6 Å². The van der Waals surface area contributed by atoms with Gasteiger partial charge in [-0.2, -0.15) is 0 Å². The molecule has 0 aliphatic carbocycles. The van der Waals surface area contributed by atoms with Gasteiger partial charge in [0.1, 0.15) is 11.5 Å². The summed E-state index contributed by atoms with van der Waals surface area (Å²) in [6.07, 6.45) is 5.06. The van der Waals surface area contributed by atoms with Gasteiger partial charge in [0.2, 0.25) is 5.91 Å². The van der Waals surface area contributed by atoms with Crippen LogP contribution in [0.5, 0.6) is 0 Å². The van der Waals surface area contributed by atoms with Crippen molar-refractivity contribution in [2.24, 2.45) is 4.99 Å². The first-order valence-corrected chi connectivity index (χ1v) is 8.72. The van der Waals surface area contributed by atoms with Crippen molar-refractivity contribution in [3.05, 3.63) is 47.9 Å². The fourth-order valence-electron chi connectivity index (χ4n) is 2.44. The second-order valence-electron chi connectivity index (χ2n) is 6.30. The topological polar surface area (TPSA) is 82.5 Å². The molecule has 0 atom stereocenters.